The van der Waals surface area contributed by atoms with Crippen LogP contribution in [0, 0.1) is 13.8 Å². The number of anilines is 1. The van der Waals surface area contributed by atoms with Crippen molar-refractivity contribution in [1.82, 2.24) is 0 Å². The van der Waals surface area contributed by atoms with Gasteiger partial charge in [-0.3, -0.25) is 18.4 Å². The first kappa shape index (κ1) is 65.6. The van der Waals surface area contributed by atoms with Crippen molar-refractivity contribution < 1.29 is 213 Å². The Hall–Kier alpha value is -0.360. The van der Waals surface area contributed by atoms with Gasteiger partial charge in [0.25, 0.3) is 0 Å². The molecule has 4 aromatic carbocycles. The molecule has 0 unspecified atom stereocenters. The molecule has 26 nitrogen and oxygen atoms in total. The third-order valence-corrected chi connectivity index (χ3v) is 13.9. The van der Waals surface area contributed by atoms with Crippen molar-refractivity contribution in [3.05, 3.63) is 47.5 Å². The third-order valence-electron chi connectivity index (χ3n) is 7.99. The zero-order valence-corrected chi connectivity index (χ0v) is 48.6. The van der Waals surface area contributed by atoms with Crippen LogP contribution in [0.2, 0.25) is 0 Å². The molecule has 36 heteroatoms. The van der Waals surface area contributed by atoms with Crippen LogP contribution in [0.1, 0.15) is 11.1 Å². The van der Waals surface area contributed by atoms with Gasteiger partial charge in [-0.25, -0.2) is 33.7 Å². The normalized spacial score (nSPS) is 12.1. The zero-order valence-electron chi connectivity index (χ0n) is 35.7. The van der Waals surface area contributed by atoms with Crippen molar-refractivity contribution in [3.8, 4) is 17.2 Å². The van der Waals surface area contributed by atoms with E-state index in [0.29, 0.717) is 0 Å². The van der Waals surface area contributed by atoms with E-state index in [2.05, 4.69) is 43.4 Å². The summed E-state index contributed by atoms with van der Waals surface area (Å²) in [6, 6.07) is 6.31. The molecule has 0 aromatic heterocycles. The number of hydrogen-bond donors (Lipinski definition) is 2. The second kappa shape index (κ2) is 28.6. The number of azo groups is 2. The first-order chi connectivity index (χ1) is 29.0. The number of ether oxygens (including phenoxy) is 2. The number of benzene rings is 4. The van der Waals surface area contributed by atoms with Crippen molar-refractivity contribution >= 4 is 104 Å². The number of sulfone groups is 2. The molecule has 0 aliphatic heterocycles. The van der Waals surface area contributed by atoms with E-state index in [1.807, 2.05) is 0 Å². The van der Waals surface area contributed by atoms with Gasteiger partial charge in [0.2, 0.25) is 10.4 Å². The summed E-state index contributed by atoms with van der Waals surface area (Å²) in [5, 5.41) is 54.0. The van der Waals surface area contributed by atoms with Crippen LogP contribution >= 0.6 is 24.4 Å². The van der Waals surface area contributed by atoms with Gasteiger partial charge in [0.05, 0.1) is 81.6 Å². The Kier molecular flexibility index (Phi) is 28.5. The van der Waals surface area contributed by atoms with Gasteiger partial charge >= 0.3 is 118 Å². The van der Waals surface area contributed by atoms with Crippen molar-refractivity contribution in [2.45, 2.75) is 33.4 Å². The molecule has 4 rings (SSSR count). The minimum atomic E-state index is -5.45. The van der Waals surface area contributed by atoms with Crippen molar-refractivity contribution in [1.29, 1.82) is 0 Å². The monoisotopic (exact) mass is 1080 g/mol. The molecule has 340 valence electrons. The zero-order chi connectivity index (χ0) is 46.2. The summed E-state index contributed by atoms with van der Waals surface area (Å²) >= 11 is 0.282. The number of hydrogen-bond acceptors (Lipinski definition) is 28. The van der Waals surface area contributed by atoms with Crippen LogP contribution in [0.25, 0.3) is 10.8 Å². The summed E-state index contributed by atoms with van der Waals surface area (Å²) in [6.07, 6.45) is 0. The van der Waals surface area contributed by atoms with Gasteiger partial charge in [-0.1, -0.05) is 0 Å². The molecule has 0 atom stereocenters. The Balaban J connectivity index is 0.0000106. The van der Waals surface area contributed by atoms with Crippen LogP contribution < -0.4 is 144 Å². The van der Waals surface area contributed by atoms with E-state index in [0.717, 1.165) is 37.4 Å². The summed E-state index contributed by atoms with van der Waals surface area (Å²) < 4.78 is 149. The first-order valence-electron chi connectivity index (χ1n) is 16.2. The number of fused-ring (bicyclic) bond motifs is 1. The molecule has 0 amide bonds. The average Bonchev–Trinajstić information content (AvgIpc) is 3.17. The predicted octanol–water partition coefficient (Wildman–Crippen LogP) is -9.43. The van der Waals surface area contributed by atoms with Crippen LogP contribution in [0.5, 0.6) is 17.2 Å². The van der Waals surface area contributed by atoms with Crippen molar-refractivity contribution in [2.75, 3.05) is 44.7 Å². The van der Waals surface area contributed by atoms with Gasteiger partial charge in [-0.05, 0) is 54.6 Å². The van der Waals surface area contributed by atoms with E-state index in [1.165, 1.54) is 27.0 Å². The summed E-state index contributed by atoms with van der Waals surface area (Å²) in [6.45, 7) is 1.31. The number of nitrogen functional groups attached to an aromatic ring is 1. The molecule has 0 saturated carbocycles. The maximum Gasteiger partial charge on any atom is 1.00 e. The third kappa shape index (κ3) is 17.4. The Morgan fingerprint density at radius 1 is 0.667 bits per heavy atom. The second-order valence-electron chi connectivity index (χ2n) is 11.9. The molecule has 3 N–H and O–H groups in total. The van der Waals surface area contributed by atoms with E-state index < -0.39 is 103 Å². The van der Waals surface area contributed by atoms with E-state index in [1.54, 1.807) is 0 Å². The van der Waals surface area contributed by atoms with Crippen LogP contribution in [0.15, 0.2) is 76.4 Å². The van der Waals surface area contributed by atoms with Crippen LogP contribution in [-0.2, 0) is 67.3 Å². The molecule has 0 heterocycles. The van der Waals surface area contributed by atoms with E-state index >= 15 is 0 Å². The van der Waals surface area contributed by atoms with Gasteiger partial charge in [-0.15, -0.1) is 24.8 Å². The minimum absolute atomic E-state index is 0. The molecule has 4 aromatic rings. The molecule has 0 aliphatic rings. The molecule has 0 bridgehead atoms. The fourth-order valence-electron chi connectivity index (χ4n) is 5.36. The molecule has 0 aliphatic carbocycles. The predicted molar refractivity (Wildman–Crippen MR) is 205 cm³/mol. The molecular formula is C30H29N5Na4O21S6. The fourth-order valence-corrected chi connectivity index (χ4v) is 9.94. The van der Waals surface area contributed by atoms with Crippen LogP contribution in [-0.4, -0.2) is 86.8 Å². The average molecular weight is 1080 g/mol. The van der Waals surface area contributed by atoms with Crippen molar-refractivity contribution in [3.63, 3.8) is 0 Å². The number of methoxy groups -OCH3 is 2. The largest absolute Gasteiger partial charge is 1.00 e. The van der Waals surface area contributed by atoms with E-state index in [4.69, 9.17) is 19.4 Å². The molecule has 0 saturated heterocycles. The molecule has 66 heavy (non-hydrogen) atoms. The summed E-state index contributed by atoms with van der Waals surface area (Å²) in [5.74, 6) is -2.78. The molecule has 0 radical (unpaired) electrons. The Labute approximate surface area is 474 Å². The Morgan fingerprint density at radius 3 is 1.61 bits per heavy atom. The minimum Gasteiger partial charge on any atom is -0.744 e. The first-order valence-corrected chi connectivity index (χ1v) is 23.7. The molecular weight excluding hydrogens is 1050 g/mol. The maximum absolute atomic E-state index is 13.0. The topological polar surface area (TPSA) is 398 Å². The Morgan fingerprint density at radius 2 is 1.15 bits per heavy atom. The van der Waals surface area contributed by atoms with Crippen LogP contribution in [0.4, 0.5) is 28.4 Å². The number of aryl methyl sites for hydroxylation is 2. The van der Waals surface area contributed by atoms with Gasteiger partial charge < -0.3 is 39.9 Å². The Bertz CT molecular complexity index is 2860. The van der Waals surface area contributed by atoms with Gasteiger partial charge in [0.15, 0.2) is 37.7 Å². The van der Waals surface area contributed by atoms with E-state index in [-0.39, 0.29) is 192 Å². The SMILES string of the molecule is COc1cc(S(=O)(=O)CCOS(=O)(=O)[O-])c(C)cc1N=Nc1c(S(=O)(=O)[O-])cc2cc(SOO[O-])c(N=Nc3cc(C)c(S(=O)(=O)CCOSOO[O-])cc3OC)c(O)c2c1N.[Na+].[Na+].[Na+].[Na+]. The number of rotatable bonds is 22. The standard InChI is InChI=1S/C30H33N5O21S6.4Na/c1-15-9-18(20(49-3)13-23(15)59(39,40)7-5-51-58-56-54-38)32-34-28-22(57-55-53-37)11-17-12-25(61(43,44)45)29(27(31)26(17)30(28)36)35-33-19-10-16(2)24(14-21(19)50-4)60(41,42)8-6-52-62(46,47)48;;;;/h9-14,36-38H,5-8,31H2,1-4H3,(H,43,44,45)(H,46,47,48);;;;/q;4*+1/p-4. The quantitative estimate of drug-likeness (QED) is 0.00849. The summed E-state index contributed by atoms with van der Waals surface area (Å²) in [5.41, 5.74) is 4.13. The number of aromatic hydroxyl groups is 1. The van der Waals surface area contributed by atoms with Crippen molar-refractivity contribution in [2.24, 2.45) is 20.5 Å². The number of nitrogens with zero attached hydrogens (tertiary/aromatic N) is 4. The summed E-state index contributed by atoms with van der Waals surface area (Å²) in [7, 11) is -16.7. The second-order valence-corrected chi connectivity index (χ2v) is 19.7. The summed E-state index contributed by atoms with van der Waals surface area (Å²) in [4.78, 5) is -1.93. The van der Waals surface area contributed by atoms with Crippen LogP contribution in [0.3, 0.4) is 0 Å². The number of phenolic OH excluding ortho intramolecular Hbond substituents is 1. The van der Waals surface area contributed by atoms with E-state index in [9.17, 15) is 58.4 Å². The fraction of sp³-hybridized carbons (Fsp3) is 0.267. The van der Waals surface area contributed by atoms with Gasteiger partial charge in [0.1, 0.15) is 44.4 Å². The number of phenols is 1. The smallest absolute Gasteiger partial charge is 0.744 e. The number of nitrogens with two attached hydrogens (primary N) is 1. The van der Waals surface area contributed by atoms with Gasteiger partial charge in [0, 0.05) is 12.1 Å². The molecule has 0 spiro atoms. The molecule has 0 fully saturated rings. The maximum atomic E-state index is 13.0. The van der Waals surface area contributed by atoms with Gasteiger partial charge in [-0.2, -0.15) is 4.33 Å².